The molecule has 0 aliphatic rings. The average molecular weight is 536 g/mol. The van der Waals surface area contributed by atoms with Gasteiger partial charge in [0.1, 0.15) is 0 Å². The summed E-state index contributed by atoms with van der Waals surface area (Å²) in [5.41, 5.74) is 5.01. The molecule has 0 bridgehead atoms. The van der Waals surface area contributed by atoms with E-state index >= 15 is 0 Å². The van der Waals surface area contributed by atoms with Gasteiger partial charge in [-0.3, -0.25) is 0 Å². The molecule has 0 amide bonds. The van der Waals surface area contributed by atoms with Crippen molar-refractivity contribution in [2.45, 2.75) is 13.1 Å². The fourth-order valence-corrected chi connectivity index (χ4v) is 4.95. The van der Waals surface area contributed by atoms with Crippen molar-refractivity contribution >= 4 is 65.4 Å². The molecule has 4 N–H and O–H groups in total. The zero-order chi connectivity index (χ0) is 20.1. The molecule has 4 aromatic rings. The second-order valence-corrected chi connectivity index (χ2v) is 10.0. The largest absolute Gasteiger partial charge is 0.361 e. The number of H-pyrrole nitrogens is 2. The summed E-state index contributed by atoms with van der Waals surface area (Å²) in [6, 6.07) is 12.8. The van der Waals surface area contributed by atoms with Gasteiger partial charge in [-0.2, -0.15) is 11.8 Å². The summed E-state index contributed by atoms with van der Waals surface area (Å²) >= 11 is 9.02. The quantitative estimate of drug-likeness (QED) is 0.194. The summed E-state index contributed by atoms with van der Waals surface area (Å²) < 4.78 is 2.21. The van der Waals surface area contributed by atoms with Gasteiger partial charge in [0.05, 0.1) is 0 Å². The number of hydrogen-bond donors (Lipinski definition) is 4. The lowest BCUT2D eigenvalue weighted by Gasteiger charge is -2.06. The van der Waals surface area contributed by atoms with Crippen molar-refractivity contribution in [1.29, 1.82) is 0 Å². The lowest BCUT2D eigenvalue weighted by Crippen LogP contribution is -2.19. The van der Waals surface area contributed by atoms with Crippen LogP contribution in [0, 0.1) is 0 Å². The van der Waals surface area contributed by atoms with Crippen LogP contribution in [0.1, 0.15) is 11.1 Å². The maximum absolute atomic E-state index is 3.55. The van der Waals surface area contributed by atoms with Crippen LogP contribution in [0.5, 0.6) is 0 Å². The van der Waals surface area contributed by atoms with Gasteiger partial charge < -0.3 is 20.6 Å². The Morgan fingerprint density at radius 3 is 1.69 bits per heavy atom. The molecule has 152 valence electrons. The SMILES string of the molecule is Brc1ccc2c(CNCCSCCNCc3c[nH]c4cc(Br)ccc34)c[nH]c2c1. The number of fused-ring (bicyclic) bond motifs is 2. The smallest absolute Gasteiger partial charge is 0.0468 e. The molecular formula is C22H24Br2N4S. The van der Waals surface area contributed by atoms with Gasteiger partial charge in [-0.15, -0.1) is 0 Å². The summed E-state index contributed by atoms with van der Waals surface area (Å²) in [6.07, 6.45) is 4.20. The van der Waals surface area contributed by atoms with Crippen LogP contribution in [0.3, 0.4) is 0 Å². The summed E-state index contributed by atoms with van der Waals surface area (Å²) in [7, 11) is 0. The molecule has 0 saturated carbocycles. The van der Waals surface area contributed by atoms with E-state index in [4.69, 9.17) is 0 Å². The predicted octanol–water partition coefficient (Wildman–Crippen LogP) is 5.79. The van der Waals surface area contributed by atoms with Crippen LogP contribution in [0.25, 0.3) is 21.8 Å². The van der Waals surface area contributed by atoms with E-state index in [0.717, 1.165) is 46.6 Å². The number of nitrogens with one attached hydrogen (secondary N) is 4. The summed E-state index contributed by atoms with van der Waals surface area (Å²) in [4.78, 5) is 6.68. The fourth-order valence-electron chi connectivity index (χ4n) is 3.45. The van der Waals surface area contributed by atoms with Gasteiger partial charge in [0.15, 0.2) is 0 Å². The van der Waals surface area contributed by atoms with Crippen LogP contribution in [0.2, 0.25) is 0 Å². The number of benzene rings is 2. The van der Waals surface area contributed by atoms with Crippen molar-refractivity contribution in [3.63, 3.8) is 0 Å². The van der Waals surface area contributed by atoms with Gasteiger partial charge in [-0.1, -0.05) is 44.0 Å². The lowest BCUT2D eigenvalue weighted by molar-refractivity contribution is 0.727. The second kappa shape index (κ2) is 10.2. The van der Waals surface area contributed by atoms with Crippen molar-refractivity contribution in [2.75, 3.05) is 24.6 Å². The highest BCUT2D eigenvalue weighted by Crippen LogP contribution is 2.23. The zero-order valence-corrected chi connectivity index (χ0v) is 20.0. The van der Waals surface area contributed by atoms with Crippen molar-refractivity contribution in [3.05, 3.63) is 68.9 Å². The molecule has 0 unspecified atom stereocenters. The standard InChI is InChI=1S/C22H24Br2N4S/c23-17-1-3-19-15(13-27-21(19)9-17)11-25-5-7-29-8-6-26-12-16-14-28-22-10-18(24)2-4-20(16)22/h1-4,9-10,13-14,25-28H,5-8,11-12H2. The molecule has 0 spiro atoms. The molecule has 2 aromatic heterocycles. The normalized spacial score (nSPS) is 11.7. The Morgan fingerprint density at radius 2 is 1.21 bits per heavy atom. The first kappa shape index (κ1) is 21.0. The molecule has 0 radical (unpaired) electrons. The van der Waals surface area contributed by atoms with Gasteiger partial charge in [-0.05, 0) is 35.4 Å². The van der Waals surface area contributed by atoms with Crippen molar-refractivity contribution in [2.24, 2.45) is 0 Å². The fraction of sp³-hybridized carbons (Fsp3) is 0.273. The van der Waals surface area contributed by atoms with Crippen LogP contribution in [-0.4, -0.2) is 34.6 Å². The van der Waals surface area contributed by atoms with E-state index in [-0.39, 0.29) is 0 Å². The van der Waals surface area contributed by atoms with Crippen LogP contribution in [0.4, 0.5) is 0 Å². The molecule has 7 heteroatoms. The third-order valence-corrected chi connectivity index (χ3v) is 6.91. The van der Waals surface area contributed by atoms with Crippen LogP contribution in [0.15, 0.2) is 57.7 Å². The van der Waals surface area contributed by atoms with E-state index < -0.39 is 0 Å². The Kier molecular flexibility index (Phi) is 7.37. The Morgan fingerprint density at radius 1 is 0.724 bits per heavy atom. The van der Waals surface area contributed by atoms with Gasteiger partial charge in [0.25, 0.3) is 0 Å². The molecule has 0 aliphatic heterocycles. The Labute approximate surface area is 191 Å². The first-order chi connectivity index (χ1) is 14.2. The molecule has 29 heavy (non-hydrogen) atoms. The minimum Gasteiger partial charge on any atom is -0.361 e. The van der Waals surface area contributed by atoms with Crippen LogP contribution in [-0.2, 0) is 13.1 Å². The molecule has 4 rings (SSSR count). The molecule has 0 saturated heterocycles. The van der Waals surface area contributed by atoms with Gasteiger partial charge >= 0.3 is 0 Å². The molecule has 0 fully saturated rings. The molecule has 0 atom stereocenters. The van der Waals surface area contributed by atoms with Crippen molar-refractivity contribution in [3.8, 4) is 0 Å². The molecule has 0 aliphatic carbocycles. The Hall–Kier alpha value is -1.25. The maximum atomic E-state index is 3.55. The number of hydrogen-bond acceptors (Lipinski definition) is 3. The zero-order valence-electron chi connectivity index (χ0n) is 16.0. The molecule has 2 heterocycles. The van der Waals surface area contributed by atoms with E-state index in [1.54, 1.807) is 0 Å². The number of halogens is 2. The van der Waals surface area contributed by atoms with Gasteiger partial charge in [0, 0.05) is 80.8 Å². The van der Waals surface area contributed by atoms with E-state index in [0.29, 0.717) is 0 Å². The lowest BCUT2D eigenvalue weighted by atomic mass is 10.2. The number of rotatable bonds is 10. The third kappa shape index (κ3) is 5.47. The highest BCUT2D eigenvalue weighted by atomic mass is 79.9. The first-order valence-corrected chi connectivity index (χ1v) is 12.4. The topological polar surface area (TPSA) is 55.6 Å². The van der Waals surface area contributed by atoms with Crippen molar-refractivity contribution in [1.82, 2.24) is 20.6 Å². The van der Waals surface area contributed by atoms with E-state index in [1.807, 2.05) is 11.8 Å². The van der Waals surface area contributed by atoms with Gasteiger partial charge in [-0.25, -0.2) is 0 Å². The second-order valence-electron chi connectivity index (χ2n) is 6.97. The van der Waals surface area contributed by atoms with E-state index in [1.165, 1.54) is 32.9 Å². The van der Waals surface area contributed by atoms with Crippen LogP contribution >= 0.6 is 43.6 Å². The molecular weight excluding hydrogens is 512 g/mol. The Bertz CT molecular complexity index is 1000. The summed E-state index contributed by atoms with van der Waals surface area (Å²) in [5, 5.41) is 9.69. The predicted molar refractivity (Wildman–Crippen MR) is 133 cm³/mol. The Balaban J connectivity index is 1.10. The molecule has 4 nitrogen and oxygen atoms in total. The molecule has 2 aromatic carbocycles. The number of thioether (sulfide) groups is 1. The van der Waals surface area contributed by atoms with Crippen molar-refractivity contribution < 1.29 is 0 Å². The summed E-state index contributed by atoms with van der Waals surface area (Å²) in [5.74, 6) is 2.24. The van der Waals surface area contributed by atoms with E-state index in [2.05, 4.69) is 101 Å². The minimum atomic E-state index is 0.900. The highest BCUT2D eigenvalue weighted by Gasteiger charge is 2.04. The van der Waals surface area contributed by atoms with Gasteiger partial charge in [0.2, 0.25) is 0 Å². The van der Waals surface area contributed by atoms with E-state index in [9.17, 15) is 0 Å². The number of aromatic nitrogens is 2. The number of aromatic amines is 2. The highest BCUT2D eigenvalue weighted by molar-refractivity contribution is 9.10. The average Bonchev–Trinajstić information content (AvgIpc) is 3.30. The minimum absolute atomic E-state index is 0.900. The van der Waals surface area contributed by atoms with Crippen LogP contribution < -0.4 is 10.6 Å². The first-order valence-electron chi connectivity index (χ1n) is 9.71. The summed E-state index contributed by atoms with van der Waals surface area (Å²) in [6.45, 7) is 3.84. The third-order valence-electron chi connectivity index (χ3n) is 4.94. The monoisotopic (exact) mass is 534 g/mol. The maximum Gasteiger partial charge on any atom is 0.0468 e.